The van der Waals surface area contributed by atoms with Gasteiger partial charge in [-0.3, -0.25) is 4.79 Å². The van der Waals surface area contributed by atoms with Crippen molar-refractivity contribution in [3.63, 3.8) is 0 Å². The summed E-state index contributed by atoms with van der Waals surface area (Å²) in [6, 6.07) is 0. The molecule has 0 bridgehead atoms. The van der Waals surface area contributed by atoms with Crippen molar-refractivity contribution in [3.8, 4) is 0 Å². The first-order chi connectivity index (χ1) is 8.73. The van der Waals surface area contributed by atoms with Gasteiger partial charge in [0.25, 0.3) is 0 Å². The van der Waals surface area contributed by atoms with Crippen LogP contribution in [0, 0.1) is 25.7 Å². The molecular formula is C15H24N2O2. The molecule has 1 N–H and O–H groups in total. The highest BCUT2D eigenvalue weighted by molar-refractivity contribution is 5.70. The fourth-order valence-electron chi connectivity index (χ4n) is 2.69. The van der Waals surface area contributed by atoms with Gasteiger partial charge in [-0.25, -0.2) is 9.97 Å². The molecule has 0 unspecified atom stereocenters. The lowest BCUT2D eigenvalue weighted by Gasteiger charge is -2.24. The second-order valence-corrected chi connectivity index (χ2v) is 5.82. The summed E-state index contributed by atoms with van der Waals surface area (Å²) in [4.78, 5) is 20.0. The Kier molecular flexibility index (Phi) is 5.04. The van der Waals surface area contributed by atoms with Crippen LogP contribution in [0.15, 0.2) is 0 Å². The van der Waals surface area contributed by atoms with Gasteiger partial charge in [0.15, 0.2) is 0 Å². The molecule has 0 amide bonds. The van der Waals surface area contributed by atoms with Crippen LogP contribution in [0.4, 0.5) is 0 Å². The van der Waals surface area contributed by atoms with E-state index in [1.54, 1.807) is 0 Å². The van der Waals surface area contributed by atoms with Gasteiger partial charge < -0.3 is 5.11 Å². The summed E-state index contributed by atoms with van der Waals surface area (Å²) < 4.78 is 0. The van der Waals surface area contributed by atoms with Crippen molar-refractivity contribution < 1.29 is 9.90 Å². The van der Waals surface area contributed by atoms with E-state index in [0.717, 1.165) is 22.8 Å². The molecule has 0 fully saturated rings. The Balaban J connectivity index is 3.22. The van der Waals surface area contributed by atoms with Crippen LogP contribution in [0.3, 0.4) is 0 Å². The molecule has 0 atom stereocenters. The molecule has 0 aliphatic carbocycles. The standard InChI is InChI=1S/C15H24N2O2/c1-8(2)14(9(3)4)15-16-10(5)12(7-13(18)19)11(6)17-15/h8-9,14H,7H2,1-6H3,(H,18,19). The summed E-state index contributed by atoms with van der Waals surface area (Å²) in [7, 11) is 0. The normalized spacial score (nSPS) is 11.6. The number of aromatic nitrogens is 2. The number of carboxylic acids is 1. The van der Waals surface area contributed by atoms with Crippen molar-refractivity contribution in [1.82, 2.24) is 9.97 Å². The molecule has 0 aliphatic rings. The van der Waals surface area contributed by atoms with E-state index in [1.165, 1.54) is 0 Å². The third-order valence-electron chi connectivity index (χ3n) is 3.50. The van der Waals surface area contributed by atoms with E-state index in [2.05, 4.69) is 37.7 Å². The fraction of sp³-hybridized carbons (Fsp3) is 0.667. The maximum absolute atomic E-state index is 10.9. The topological polar surface area (TPSA) is 63.1 Å². The van der Waals surface area contributed by atoms with Gasteiger partial charge in [0.1, 0.15) is 5.82 Å². The third-order valence-corrected chi connectivity index (χ3v) is 3.50. The number of rotatable bonds is 5. The minimum atomic E-state index is -0.841. The van der Waals surface area contributed by atoms with E-state index in [9.17, 15) is 4.79 Å². The molecule has 1 aromatic heterocycles. The average molecular weight is 264 g/mol. The van der Waals surface area contributed by atoms with Crippen molar-refractivity contribution in [3.05, 3.63) is 22.8 Å². The molecule has 0 spiro atoms. The zero-order valence-corrected chi connectivity index (χ0v) is 12.7. The maximum atomic E-state index is 10.9. The van der Waals surface area contributed by atoms with Gasteiger partial charge in [0.05, 0.1) is 6.42 Å². The molecule has 0 saturated heterocycles. The number of carboxylic acid groups (broad SMARTS) is 1. The summed E-state index contributed by atoms with van der Waals surface area (Å²) in [5.41, 5.74) is 2.31. The van der Waals surface area contributed by atoms with Crippen LogP contribution in [-0.4, -0.2) is 21.0 Å². The third kappa shape index (κ3) is 3.75. The SMILES string of the molecule is Cc1nc(C(C(C)C)C(C)C)nc(C)c1CC(=O)O. The second kappa shape index (κ2) is 6.13. The predicted molar refractivity (Wildman–Crippen MR) is 75.3 cm³/mol. The monoisotopic (exact) mass is 264 g/mol. The van der Waals surface area contributed by atoms with Crippen molar-refractivity contribution in [2.24, 2.45) is 11.8 Å². The summed E-state index contributed by atoms with van der Waals surface area (Å²) in [5, 5.41) is 8.92. The fourth-order valence-corrected chi connectivity index (χ4v) is 2.69. The number of hydrogen-bond donors (Lipinski definition) is 1. The van der Waals surface area contributed by atoms with Crippen LogP contribution in [0.25, 0.3) is 0 Å². The van der Waals surface area contributed by atoms with Gasteiger partial charge in [0.2, 0.25) is 0 Å². The molecule has 19 heavy (non-hydrogen) atoms. The summed E-state index contributed by atoms with van der Waals surface area (Å²) in [5.74, 6) is 1.23. The Bertz CT molecular complexity index is 436. The van der Waals surface area contributed by atoms with Gasteiger partial charge in [0, 0.05) is 22.9 Å². The molecule has 1 aromatic rings. The molecule has 106 valence electrons. The number of aryl methyl sites for hydroxylation is 2. The van der Waals surface area contributed by atoms with E-state index in [1.807, 2.05) is 13.8 Å². The van der Waals surface area contributed by atoms with Crippen LogP contribution >= 0.6 is 0 Å². The van der Waals surface area contributed by atoms with Gasteiger partial charge in [-0.2, -0.15) is 0 Å². The van der Waals surface area contributed by atoms with Crippen LogP contribution < -0.4 is 0 Å². The molecule has 1 rings (SSSR count). The molecule has 0 aliphatic heterocycles. The Morgan fingerprint density at radius 2 is 1.47 bits per heavy atom. The zero-order chi connectivity index (χ0) is 14.7. The maximum Gasteiger partial charge on any atom is 0.307 e. The van der Waals surface area contributed by atoms with E-state index in [0.29, 0.717) is 17.8 Å². The summed E-state index contributed by atoms with van der Waals surface area (Å²) >= 11 is 0. The van der Waals surface area contributed by atoms with Gasteiger partial charge in [-0.15, -0.1) is 0 Å². The largest absolute Gasteiger partial charge is 0.481 e. The Labute approximate surface area is 115 Å². The predicted octanol–water partition coefficient (Wildman–Crippen LogP) is 3.12. The van der Waals surface area contributed by atoms with Crippen LogP contribution in [0.5, 0.6) is 0 Å². The van der Waals surface area contributed by atoms with Gasteiger partial charge in [-0.05, 0) is 25.7 Å². The Morgan fingerprint density at radius 3 is 1.79 bits per heavy atom. The summed E-state index contributed by atoms with van der Waals surface area (Å²) in [6.45, 7) is 12.4. The van der Waals surface area contributed by atoms with E-state index < -0.39 is 5.97 Å². The molecule has 0 saturated carbocycles. The van der Waals surface area contributed by atoms with Crippen molar-refractivity contribution in [1.29, 1.82) is 0 Å². The first kappa shape index (κ1) is 15.6. The molecule has 4 nitrogen and oxygen atoms in total. The first-order valence-electron chi connectivity index (χ1n) is 6.79. The Hall–Kier alpha value is -1.45. The highest BCUT2D eigenvalue weighted by Gasteiger charge is 2.24. The van der Waals surface area contributed by atoms with Crippen molar-refractivity contribution >= 4 is 5.97 Å². The highest BCUT2D eigenvalue weighted by Crippen LogP contribution is 2.30. The molecular weight excluding hydrogens is 240 g/mol. The quantitative estimate of drug-likeness (QED) is 0.887. The molecule has 4 heteroatoms. The van der Waals surface area contributed by atoms with Crippen molar-refractivity contribution in [2.45, 2.75) is 53.9 Å². The lowest BCUT2D eigenvalue weighted by atomic mass is 9.84. The minimum absolute atomic E-state index is 0.00797. The van der Waals surface area contributed by atoms with Crippen LogP contribution in [0.1, 0.15) is 56.4 Å². The molecule has 0 radical (unpaired) electrons. The summed E-state index contributed by atoms with van der Waals surface area (Å²) in [6.07, 6.45) is -0.00797. The zero-order valence-electron chi connectivity index (χ0n) is 12.7. The second-order valence-electron chi connectivity index (χ2n) is 5.82. The number of hydrogen-bond acceptors (Lipinski definition) is 3. The number of carbonyl (C=O) groups is 1. The van der Waals surface area contributed by atoms with Crippen LogP contribution in [0.2, 0.25) is 0 Å². The van der Waals surface area contributed by atoms with E-state index in [4.69, 9.17) is 5.11 Å². The van der Waals surface area contributed by atoms with Gasteiger partial charge >= 0.3 is 5.97 Å². The number of aliphatic carboxylic acids is 1. The highest BCUT2D eigenvalue weighted by atomic mass is 16.4. The number of nitrogens with zero attached hydrogens (tertiary/aromatic N) is 2. The van der Waals surface area contributed by atoms with E-state index in [-0.39, 0.29) is 6.42 Å². The lowest BCUT2D eigenvalue weighted by Crippen LogP contribution is -2.19. The average Bonchev–Trinajstić information content (AvgIpc) is 2.22. The Morgan fingerprint density at radius 1 is 1.05 bits per heavy atom. The van der Waals surface area contributed by atoms with Gasteiger partial charge in [-0.1, -0.05) is 27.7 Å². The molecule has 1 heterocycles. The van der Waals surface area contributed by atoms with Crippen LogP contribution in [-0.2, 0) is 11.2 Å². The van der Waals surface area contributed by atoms with Crippen molar-refractivity contribution in [2.75, 3.05) is 0 Å². The first-order valence-corrected chi connectivity index (χ1v) is 6.79. The lowest BCUT2D eigenvalue weighted by molar-refractivity contribution is -0.136. The van der Waals surface area contributed by atoms with E-state index >= 15 is 0 Å². The smallest absolute Gasteiger partial charge is 0.307 e. The molecule has 0 aromatic carbocycles. The minimum Gasteiger partial charge on any atom is -0.481 e.